The van der Waals surface area contributed by atoms with Crippen molar-refractivity contribution in [3.05, 3.63) is 132 Å². The van der Waals surface area contributed by atoms with Crippen LogP contribution in [0, 0.1) is 23.7 Å². The van der Waals surface area contributed by atoms with Gasteiger partial charge in [0, 0.05) is 56.4 Å². The zero-order chi connectivity index (χ0) is 53.1. The third kappa shape index (κ3) is 19.2. The number of epoxide rings is 2. The summed E-state index contributed by atoms with van der Waals surface area (Å²) in [6.07, 6.45) is 10.5. The van der Waals surface area contributed by atoms with Crippen LogP contribution in [0.25, 0.3) is 0 Å². The summed E-state index contributed by atoms with van der Waals surface area (Å²) in [6.45, 7) is 13.6. The Bertz CT molecular complexity index is 2430. The van der Waals surface area contributed by atoms with Gasteiger partial charge in [0.1, 0.15) is 17.0 Å². The Hall–Kier alpha value is -6.29. The first-order chi connectivity index (χ1) is 34.7. The fourth-order valence-corrected chi connectivity index (χ4v) is 8.77. The minimum atomic E-state index is -0.864. The average molecular weight is 1000 g/mol. The molecule has 3 amide bonds. The van der Waals surface area contributed by atoms with Crippen molar-refractivity contribution in [2.75, 3.05) is 13.2 Å². The number of carbonyl (C=O) groups is 7. The number of Topliss-reactive ketones (excluding diaryl/α,β-unsaturated/α-hetero) is 4. The van der Waals surface area contributed by atoms with Crippen LogP contribution in [-0.4, -0.2) is 99.4 Å². The molecule has 5 N–H and O–H groups in total. The SMILES string of the molecule is CC(=O)N[C@@H](CCc1ccccc1)C(=O)C[C@@H](Cc1ccncc1)C(=O)N[C@@H](CC(C)C)C(=O)[C@@]1(C)CO1.CC(C)C[C@H](NC(=O)[C@@H](CC(=O)[C@@H](N)CCc1ccccc1)Cc1ccncc1)C(=O)[C@@]1(C)CO1. The van der Waals surface area contributed by atoms with Crippen molar-refractivity contribution in [1.82, 2.24) is 25.9 Å². The molecular formula is C58H76N6O9. The van der Waals surface area contributed by atoms with Gasteiger partial charge in [0.15, 0.2) is 17.3 Å². The Morgan fingerprint density at radius 3 is 1.30 bits per heavy atom. The molecule has 73 heavy (non-hydrogen) atoms. The molecule has 4 aromatic rings. The summed E-state index contributed by atoms with van der Waals surface area (Å²) in [4.78, 5) is 99.6. The molecule has 2 aliphatic rings. The van der Waals surface area contributed by atoms with Crippen LogP contribution in [0.1, 0.15) is 109 Å². The second-order valence-electron chi connectivity index (χ2n) is 20.9. The molecule has 2 aromatic heterocycles. The van der Waals surface area contributed by atoms with E-state index < -0.39 is 47.2 Å². The van der Waals surface area contributed by atoms with Crippen molar-refractivity contribution < 1.29 is 43.0 Å². The van der Waals surface area contributed by atoms with Gasteiger partial charge >= 0.3 is 0 Å². The molecule has 0 radical (unpaired) electrons. The highest BCUT2D eigenvalue weighted by atomic mass is 16.6. The van der Waals surface area contributed by atoms with Crippen LogP contribution in [0.15, 0.2) is 110 Å². The molecule has 2 saturated heterocycles. The number of benzene rings is 2. The number of aryl methyl sites for hydroxylation is 2. The van der Waals surface area contributed by atoms with Crippen LogP contribution < -0.4 is 21.7 Å². The smallest absolute Gasteiger partial charge is 0.224 e. The van der Waals surface area contributed by atoms with E-state index in [0.717, 1.165) is 22.3 Å². The fourth-order valence-electron chi connectivity index (χ4n) is 8.77. The van der Waals surface area contributed by atoms with Gasteiger partial charge in [-0.25, -0.2) is 0 Å². The maximum Gasteiger partial charge on any atom is 0.224 e. The van der Waals surface area contributed by atoms with Crippen molar-refractivity contribution in [2.45, 2.75) is 148 Å². The maximum absolute atomic E-state index is 13.6. The van der Waals surface area contributed by atoms with Gasteiger partial charge in [0.25, 0.3) is 0 Å². The Morgan fingerprint density at radius 1 is 0.548 bits per heavy atom. The second kappa shape index (κ2) is 27.7. The number of carbonyl (C=O) groups excluding carboxylic acids is 7. The number of pyridine rings is 2. The minimum absolute atomic E-state index is 0.0144. The average Bonchev–Trinajstić information content (AvgIpc) is 4.31. The van der Waals surface area contributed by atoms with E-state index in [2.05, 4.69) is 25.9 Å². The Kier molecular flexibility index (Phi) is 21.8. The van der Waals surface area contributed by atoms with Crippen molar-refractivity contribution in [3.8, 4) is 0 Å². The number of amides is 3. The number of aromatic nitrogens is 2. The van der Waals surface area contributed by atoms with E-state index in [1.807, 2.05) is 100 Å². The van der Waals surface area contributed by atoms with Gasteiger partial charge in [-0.05, 0) is 124 Å². The van der Waals surface area contributed by atoms with Crippen LogP contribution in [0.5, 0.6) is 0 Å². The molecule has 6 rings (SSSR count). The minimum Gasteiger partial charge on any atom is -0.361 e. The van der Waals surface area contributed by atoms with Crippen molar-refractivity contribution in [1.29, 1.82) is 0 Å². The first-order valence-electron chi connectivity index (χ1n) is 25.7. The molecule has 0 aliphatic carbocycles. The summed E-state index contributed by atoms with van der Waals surface area (Å²) < 4.78 is 10.7. The lowest BCUT2D eigenvalue weighted by Gasteiger charge is -2.25. The third-order valence-electron chi connectivity index (χ3n) is 13.3. The van der Waals surface area contributed by atoms with E-state index in [9.17, 15) is 33.6 Å². The van der Waals surface area contributed by atoms with E-state index >= 15 is 0 Å². The van der Waals surface area contributed by atoms with Gasteiger partial charge in [0.05, 0.1) is 37.4 Å². The summed E-state index contributed by atoms with van der Waals surface area (Å²) in [5, 5.41) is 8.64. The lowest BCUT2D eigenvalue weighted by Crippen LogP contribution is -2.49. The van der Waals surface area contributed by atoms with Crippen molar-refractivity contribution in [2.24, 2.45) is 29.4 Å². The largest absolute Gasteiger partial charge is 0.361 e. The maximum atomic E-state index is 13.6. The summed E-state index contributed by atoms with van der Waals surface area (Å²) in [7, 11) is 0. The molecule has 15 nitrogen and oxygen atoms in total. The Labute approximate surface area is 431 Å². The topological polar surface area (TPSA) is 232 Å². The number of nitrogens with one attached hydrogen (secondary N) is 3. The van der Waals surface area contributed by atoms with Gasteiger partial charge in [-0.15, -0.1) is 0 Å². The van der Waals surface area contributed by atoms with Crippen LogP contribution in [0.4, 0.5) is 0 Å². The predicted octanol–water partition coefficient (Wildman–Crippen LogP) is 6.27. The quantitative estimate of drug-likeness (QED) is 0.0441. The van der Waals surface area contributed by atoms with Crippen molar-refractivity contribution in [3.63, 3.8) is 0 Å². The van der Waals surface area contributed by atoms with Gasteiger partial charge < -0.3 is 31.2 Å². The Morgan fingerprint density at radius 2 is 0.932 bits per heavy atom. The predicted molar refractivity (Wildman–Crippen MR) is 279 cm³/mol. The molecule has 0 bridgehead atoms. The van der Waals surface area contributed by atoms with Crippen LogP contribution in [-0.2, 0) is 68.7 Å². The number of nitrogens with two attached hydrogens (primary N) is 1. The lowest BCUT2D eigenvalue weighted by molar-refractivity contribution is -0.134. The molecule has 0 spiro atoms. The number of hydrogen-bond donors (Lipinski definition) is 4. The monoisotopic (exact) mass is 1000 g/mol. The number of nitrogens with zero attached hydrogens (tertiary/aromatic N) is 2. The zero-order valence-corrected chi connectivity index (χ0v) is 43.6. The molecule has 8 atom stereocenters. The van der Waals surface area contributed by atoms with Crippen LogP contribution in [0.2, 0.25) is 0 Å². The normalized spacial score (nSPS) is 19.2. The van der Waals surface area contributed by atoms with Gasteiger partial charge in [-0.3, -0.25) is 43.5 Å². The van der Waals surface area contributed by atoms with E-state index in [4.69, 9.17) is 15.2 Å². The zero-order valence-electron chi connectivity index (χ0n) is 43.6. The number of ketones is 4. The van der Waals surface area contributed by atoms with E-state index in [1.54, 1.807) is 50.8 Å². The fraction of sp³-hybridized carbons (Fsp3) is 0.500. The standard InChI is InChI=1S/C30H39N3O5.C28H37N3O4/c1-20(2)16-26(28(36)30(4)19-38-30)33-29(37)24(17-23-12-14-31-15-13-23)18-27(35)25(32-21(3)34)11-10-22-8-6-5-7-9-22;1-19(2)15-24(26(33)28(3)18-35-28)31-27(34)22(16-21-11-13-30-14-12-21)17-25(32)23(29)10-9-20-7-5-4-6-8-20/h5-9,12-15,20,24-26H,10-11,16-19H2,1-4H3,(H,32,34)(H,33,37);4-8,11-14,19,22-24H,9-10,15-18,29H2,1-3H3,(H,31,34)/t24-,25+,26+,30-;22-,23+,24+,28-/m11/s1. The third-order valence-corrected chi connectivity index (χ3v) is 13.3. The van der Waals surface area contributed by atoms with E-state index in [1.165, 1.54) is 6.92 Å². The van der Waals surface area contributed by atoms with Crippen LogP contribution >= 0.6 is 0 Å². The molecule has 2 fully saturated rings. The molecule has 0 unspecified atom stereocenters. The molecule has 15 heteroatoms. The second-order valence-corrected chi connectivity index (χ2v) is 20.9. The number of hydrogen-bond acceptors (Lipinski definition) is 12. The highest BCUT2D eigenvalue weighted by molar-refractivity contribution is 5.99. The van der Waals surface area contributed by atoms with Gasteiger partial charge in [-0.1, -0.05) is 88.4 Å². The van der Waals surface area contributed by atoms with Gasteiger partial charge in [-0.2, -0.15) is 0 Å². The number of ether oxygens (including phenoxy) is 2. The molecular weight excluding hydrogens is 925 g/mol. The first-order valence-corrected chi connectivity index (χ1v) is 25.7. The summed E-state index contributed by atoms with van der Waals surface area (Å²) >= 11 is 0. The Balaban J connectivity index is 0.000000272. The molecule has 0 saturated carbocycles. The summed E-state index contributed by atoms with van der Waals surface area (Å²) in [5.41, 5.74) is 8.47. The molecule has 392 valence electrons. The van der Waals surface area contributed by atoms with E-state index in [0.29, 0.717) is 64.6 Å². The first kappa shape index (κ1) is 57.6. The molecule has 2 aliphatic heterocycles. The lowest BCUT2D eigenvalue weighted by atomic mass is 9.88. The molecule has 4 heterocycles. The number of rotatable bonds is 29. The highest BCUT2D eigenvalue weighted by Gasteiger charge is 2.51. The molecule has 2 aromatic carbocycles. The van der Waals surface area contributed by atoms with Crippen LogP contribution in [0.3, 0.4) is 0 Å². The van der Waals surface area contributed by atoms with Gasteiger partial charge in [0.2, 0.25) is 17.7 Å². The van der Waals surface area contributed by atoms with E-state index in [-0.39, 0.29) is 65.5 Å². The highest BCUT2D eigenvalue weighted by Crippen LogP contribution is 2.31. The summed E-state index contributed by atoms with van der Waals surface area (Å²) in [6, 6.07) is 24.2. The summed E-state index contributed by atoms with van der Waals surface area (Å²) in [5.74, 6) is -2.57. The van der Waals surface area contributed by atoms with Crippen molar-refractivity contribution >= 4 is 40.9 Å².